The van der Waals surface area contributed by atoms with Gasteiger partial charge in [0.1, 0.15) is 0 Å². The lowest BCUT2D eigenvalue weighted by Crippen LogP contribution is -2.52. The van der Waals surface area contributed by atoms with E-state index in [1.165, 1.54) is 30.4 Å². The number of hydrogen-bond donors (Lipinski definition) is 2. The number of carbonyl (C=O) groups is 1. The second-order valence-corrected chi connectivity index (χ2v) is 7.64. The third kappa shape index (κ3) is 5.16. The smallest absolute Gasteiger partial charge is 0.253 e. The largest absolute Gasteiger partial charge is 0.378 e. The number of aliphatic hydroxyl groups is 1. The van der Waals surface area contributed by atoms with Gasteiger partial charge in [-0.15, -0.1) is 0 Å². The molecule has 1 aromatic heterocycles. The molecule has 1 fully saturated rings. The topological polar surface area (TPSA) is 74.6 Å². The van der Waals surface area contributed by atoms with Gasteiger partial charge in [0.05, 0.1) is 6.54 Å². The molecular weight excluding hydrogens is 318 g/mol. The molecule has 1 saturated heterocycles. The molecule has 0 bridgehead atoms. The van der Waals surface area contributed by atoms with Crippen LogP contribution in [0.4, 0.5) is 0 Å². The zero-order valence-corrected chi connectivity index (χ0v) is 15.8. The lowest BCUT2D eigenvalue weighted by Gasteiger charge is -2.35. The van der Waals surface area contributed by atoms with E-state index in [-0.39, 0.29) is 18.1 Å². The Morgan fingerprint density at radius 1 is 1.40 bits per heavy atom. The number of nitrogens with one attached hydrogen (secondary N) is 1. The molecule has 6 heteroatoms. The molecule has 1 aliphatic rings. The number of pyridine rings is 1. The van der Waals surface area contributed by atoms with Crippen molar-refractivity contribution in [3.63, 3.8) is 0 Å². The minimum atomic E-state index is -1.63. The number of likely N-dealkylation sites (tertiary alicyclic amines) is 1. The van der Waals surface area contributed by atoms with Gasteiger partial charge in [0.15, 0.2) is 5.60 Å². The highest BCUT2D eigenvalue weighted by Crippen LogP contribution is 2.17. The minimum Gasteiger partial charge on any atom is -0.378 e. The Bertz CT molecular complexity index is 646. The number of aryl methyl sites for hydroxylation is 1. The summed E-state index contributed by atoms with van der Waals surface area (Å²) in [5, 5.41) is 13.4. The molecule has 140 valence electrons. The lowest BCUT2D eigenvalue weighted by molar-refractivity contribution is -0.139. The molecule has 0 spiro atoms. The highest BCUT2D eigenvalue weighted by Gasteiger charge is 2.32. The quantitative estimate of drug-likeness (QED) is 0.808. The fourth-order valence-electron chi connectivity index (χ4n) is 3.24. The molecule has 0 aliphatic carbocycles. The van der Waals surface area contributed by atoms with Crippen molar-refractivity contribution in [2.45, 2.75) is 58.7 Å². The van der Waals surface area contributed by atoms with Gasteiger partial charge in [-0.05, 0) is 58.7 Å². The molecule has 2 N–H and O–H groups in total. The van der Waals surface area contributed by atoms with Gasteiger partial charge >= 0.3 is 0 Å². The van der Waals surface area contributed by atoms with Crippen LogP contribution in [0.15, 0.2) is 23.0 Å². The molecule has 2 heterocycles. The van der Waals surface area contributed by atoms with E-state index in [1.54, 1.807) is 19.1 Å². The van der Waals surface area contributed by atoms with Crippen molar-refractivity contribution < 1.29 is 9.90 Å². The average molecular weight is 349 g/mol. The first-order valence-corrected chi connectivity index (χ1v) is 9.12. The van der Waals surface area contributed by atoms with Gasteiger partial charge < -0.3 is 15.0 Å². The first kappa shape index (κ1) is 19.7. The van der Waals surface area contributed by atoms with E-state index in [2.05, 4.69) is 24.1 Å². The summed E-state index contributed by atoms with van der Waals surface area (Å²) < 4.78 is 1.43. The molecule has 0 saturated carbocycles. The Balaban J connectivity index is 1.91. The fraction of sp³-hybridized carbons (Fsp3) is 0.684. The Labute approximate surface area is 149 Å². The molecule has 6 nitrogen and oxygen atoms in total. The number of piperidine rings is 1. The van der Waals surface area contributed by atoms with Crippen LogP contribution in [0.2, 0.25) is 0 Å². The van der Waals surface area contributed by atoms with Crippen molar-refractivity contribution in [1.29, 1.82) is 0 Å². The van der Waals surface area contributed by atoms with E-state index in [4.69, 9.17) is 0 Å². The molecule has 2 atom stereocenters. The second-order valence-electron chi connectivity index (χ2n) is 7.64. The van der Waals surface area contributed by atoms with E-state index in [9.17, 15) is 14.7 Å². The van der Waals surface area contributed by atoms with Crippen LogP contribution in [-0.4, -0.2) is 51.8 Å². The molecule has 1 amide bonds. The van der Waals surface area contributed by atoms with Crippen LogP contribution in [0.3, 0.4) is 0 Å². The zero-order valence-electron chi connectivity index (χ0n) is 15.8. The van der Waals surface area contributed by atoms with Crippen molar-refractivity contribution in [1.82, 2.24) is 14.8 Å². The van der Waals surface area contributed by atoms with Gasteiger partial charge in [-0.2, -0.15) is 0 Å². The average Bonchev–Trinajstić information content (AvgIpc) is 2.56. The van der Waals surface area contributed by atoms with Crippen LogP contribution in [0.25, 0.3) is 0 Å². The Morgan fingerprint density at radius 2 is 2.04 bits per heavy atom. The Morgan fingerprint density at radius 3 is 2.64 bits per heavy atom. The molecule has 2 rings (SSSR count). The number of rotatable bonds is 6. The van der Waals surface area contributed by atoms with Crippen molar-refractivity contribution in [2.24, 2.45) is 5.92 Å². The molecule has 1 aliphatic heterocycles. The normalized spacial score (nSPS) is 20.0. The van der Waals surface area contributed by atoms with E-state index in [1.807, 2.05) is 0 Å². The number of carbonyl (C=O) groups excluding carboxylic acids is 1. The van der Waals surface area contributed by atoms with Gasteiger partial charge in [-0.3, -0.25) is 14.5 Å². The van der Waals surface area contributed by atoms with Crippen LogP contribution >= 0.6 is 0 Å². The summed E-state index contributed by atoms with van der Waals surface area (Å²) in [7, 11) is 0. The summed E-state index contributed by atoms with van der Waals surface area (Å²) in [6.07, 6.45) is 2.37. The van der Waals surface area contributed by atoms with Crippen molar-refractivity contribution in [3.05, 3.63) is 34.2 Å². The van der Waals surface area contributed by atoms with E-state index in [0.29, 0.717) is 6.54 Å². The van der Waals surface area contributed by atoms with Crippen LogP contribution < -0.4 is 10.9 Å². The molecule has 0 radical (unpaired) electrons. The van der Waals surface area contributed by atoms with Crippen molar-refractivity contribution in [2.75, 3.05) is 19.6 Å². The number of aromatic nitrogens is 1. The maximum atomic E-state index is 12.4. The standard InChI is InChI=1S/C19H31N3O3/c1-14-8-10-21(11-9-14)16(3)12-20-18(24)19(4,25)13-22-15(2)6-5-7-17(22)23/h5-7,14,16,25H,8-13H2,1-4H3,(H,20,24)/t16-,19-/m0/s1. The fourth-order valence-corrected chi connectivity index (χ4v) is 3.24. The van der Waals surface area contributed by atoms with Crippen molar-refractivity contribution >= 4 is 5.91 Å². The van der Waals surface area contributed by atoms with Gasteiger partial charge in [0.25, 0.3) is 11.5 Å². The monoisotopic (exact) mass is 349 g/mol. The SMILES string of the molecule is Cc1cccc(=O)n1C[C@](C)(O)C(=O)NC[C@H](C)N1CCC(C)CC1. The van der Waals surface area contributed by atoms with Gasteiger partial charge in [0.2, 0.25) is 0 Å². The van der Waals surface area contributed by atoms with Crippen LogP contribution in [0.5, 0.6) is 0 Å². The molecule has 0 unspecified atom stereocenters. The van der Waals surface area contributed by atoms with Gasteiger partial charge in [-0.1, -0.05) is 13.0 Å². The Hall–Kier alpha value is -1.66. The molecule has 25 heavy (non-hydrogen) atoms. The van der Waals surface area contributed by atoms with Crippen molar-refractivity contribution in [3.8, 4) is 0 Å². The van der Waals surface area contributed by atoms with Gasteiger partial charge in [-0.25, -0.2) is 0 Å². The van der Waals surface area contributed by atoms with Crippen LogP contribution in [0.1, 0.15) is 39.3 Å². The summed E-state index contributed by atoms with van der Waals surface area (Å²) in [5.74, 6) is 0.325. The zero-order chi connectivity index (χ0) is 18.6. The summed E-state index contributed by atoms with van der Waals surface area (Å²) in [6, 6.07) is 5.12. The highest BCUT2D eigenvalue weighted by molar-refractivity contribution is 5.84. The number of amides is 1. The van der Waals surface area contributed by atoms with Crippen LogP contribution in [-0.2, 0) is 11.3 Å². The lowest BCUT2D eigenvalue weighted by atomic mass is 9.98. The third-order valence-electron chi connectivity index (χ3n) is 5.22. The predicted molar refractivity (Wildman–Crippen MR) is 98.5 cm³/mol. The highest BCUT2D eigenvalue weighted by atomic mass is 16.3. The maximum absolute atomic E-state index is 12.4. The summed E-state index contributed by atoms with van der Waals surface area (Å²) in [5.41, 5.74) is -1.13. The first-order chi connectivity index (χ1) is 11.7. The summed E-state index contributed by atoms with van der Waals surface area (Å²) in [6.45, 7) is 10.1. The first-order valence-electron chi connectivity index (χ1n) is 9.12. The summed E-state index contributed by atoms with van der Waals surface area (Å²) in [4.78, 5) is 26.8. The third-order valence-corrected chi connectivity index (χ3v) is 5.22. The van der Waals surface area contributed by atoms with Gasteiger partial charge in [0, 0.05) is 24.3 Å². The molecular formula is C19H31N3O3. The number of nitrogens with zero attached hydrogens (tertiary/aromatic N) is 2. The molecule has 1 aromatic rings. The van der Waals surface area contributed by atoms with Crippen LogP contribution in [0, 0.1) is 12.8 Å². The Kier molecular flexibility index (Phi) is 6.41. The minimum absolute atomic E-state index is 0.0556. The van der Waals surface area contributed by atoms with E-state index >= 15 is 0 Å². The number of hydrogen-bond acceptors (Lipinski definition) is 4. The van der Waals surface area contributed by atoms with E-state index < -0.39 is 11.5 Å². The second kappa shape index (κ2) is 8.15. The van der Waals surface area contributed by atoms with E-state index in [0.717, 1.165) is 24.7 Å². The molecule has 0 aromatic carbocycles. The summed E-state index contributed by atoms with van der Waals surface area (Å²) >= 11 is 0. The predicted octanol–water partition coefficient (Wildman–Crippen LogP) is 1.14. The maximum Gasteiger partial charge on any atom is 0.253 e.